The number of hydrazone groups is 1. The summed E-state index contributed by atoms with van der Waals surface area (Å²) in [5, 5.41) is 20.7. The first-order chi connectivity index (χ1) is 28.1. The Kier molecular flexibility index (Phi) is 18.7. The van der Waals surface area contributed by atoms with Crippen molar-refractivity contribution in [3.63, 3.8) is 0 Å². The van der Waals surface area contributed by atoms with Gasteiger partial charge in [-0.15, -0.1) is 15.3 Å². The van der Waals surface area contributed by atoms with Gasteiger partial charge in [0.15, 0.2) is 0 Å². The molecule has 0 saturated heterocycles. The molecule has 6 aromatic carbocycles. The average Bonchev–Trinajstić information content (AvgIpc) is 3.17. The van der Waals surface area contributed by atoms with E-state index in [1.54, 1.807) is 0 Å². The van der Waals surface area contributed by atoms with Crippen LogP contribution >= 0.6 is 0 Å². The molecule has 0 aromatic heterocycles. The molecule has 0 atom stereocenters. The molecule has 0 unspecified atom stereocenters. The number of allylic oxidation sites excluding steroid dienone is 1. The van der Waals surface area contributed by atoms with Gasteiger partial charge in [0.2, 0.25) is 5.78 Å². The standard InChI is InChI=1S/C36H25N7O13S4.4Na/c37-20-4-7-25-19(14-20)15-34(60(54,55)56)35(36(25)44)43-42-31-11-13-33(29-18-24(59(51,52)53)6-9-27(29)31)41-40-30-10-12-32(28-17-23(58(48,49)50)5-8-26(28)30)39-38-21-2-1-3-22(16-21)57(45,46)47;;;;/h1-18,42H,37H2,(H,45,46,47)(H,48,49,50)(H,51,52,53)(H,54,55,56);;;;/q;4*+1/p-4. The van der Waals surface area contributed by atoms with Gasteiger partial charge < -0.3 is 23.9 Å². The minimum Gasteiger partial charge on any atom is -0.744 e. The largest absolute Gasteiger partial charge is 1.00 e. The van der Waals surface area contributed by atoms with E-state index in [0.29, 0.717) is 0 Å². The summed E-state index contributed by atoms with van der Waals surface area (Å²) in [4.78, 5) is 10.5. The number of carbonyl (C=O) groups excluding carboxylic acids is 1. The van der Waals surface area contributed by atoms with Crippen molar-refractivity contribution >= 4 is 114 Å². The molecule has 0 aliphatic heterocycles. The van der Waals surface area contributed by atoms with Gasteiger partial charge in [0.1, 0.15) is 46.2 Å². The first-order valence-corrected chi connectivity index (χ1v) is 22.1. The van der Waals surface area contributed by atoms with Crippen LogP contribution in [0, 0.1) is 0 Å². The molecule has 306 valence electrons. The van der Waals surface area contributed by atoms with Crippen LogP contribution in [-0.2, 0) is 40.5 Å². The van der Waals surface area contributed by atoms with E-state index in [0.717, 1.165) is 42.5 Å². The van der Waals surface area contributed by atoms with Crippen molar-refractivity contribution in [1.82, 2.24) is 0 Å². The van der Waals surface area contributed by atoms with Gasteiger partial charge in [-0.2, -0.15) is 10.2 Å². The molecular weight excluding hydrogens is 959 g/mol. The number of benzene rings is 6. The first kappa shape index (κ1) is 55.7. The van der Waals surface area contributed by atoms with Crippen LogP contribution in [0.4, 0.5) is 34.1 Å². The summed E-state index contributed by atoms with van der Waals surface area (Å²) in [5.41, 5.74) is 7.74. The molecule has 28 heteroatoms. The van der Waals surface area contributed by atoms with Gasteiger partial charge in [-0.25, -0.2) is 33.7 Å². The molecule has 0 amide bonds. The molecule has 1 aliphatic carbocycles. The van der Waals surface area contributed by atoms with Gasteiger partial charge in [0, 0.05) is 32.8 Å². The van der Waals surface area contributed by atoms with Gasteiger partial charge in [-0.1, -0.05) is 18.2 Å². The van der Waals surface area contributed by atoms with Crippen molar-refractivity contribution in [2.45, 2.75) is 14.7 Å². The zero-order chi connectivity index (χ0) is 43.4. The Bertz CT molecular complexity index is 3470. The predicted molar refractivity (Wildman–Crippen MR) is 210 cm³/mol. The Labute approximate surface area is 453 Å². The molecule has 64 heavy (non-hydrogen) atoms. The molecule has 6 aromatic rings. The molecule has 1 aliphatic rings. The summed E-state index contributed by atoms with van der Waals surface area (Å²) in [5.74, 6) is -0.924. The molecule has 0 fully saturated rings. The van der Waals surface area contributed by atoms with Crippen molar-refractivity contribution in [3.05, 3.63) is 119 Å². The number of anilines is 2. The van der Waals surface area contributed by atoms with E-state index in [1.807, 2.05) is 0 Å². The maximum absolute atomic E-state index is 13.4. The van der Waals surface area contributed by atoms with E-state index in [4.69, 9.17) is 5.73 Å². The fourth-order valence-electron chi connectivity index (χ4n) is 5.97. The van der Waals surface area contributed by atoms with Crippen molar-refractivity contribution in [1.29, 1.82) is 0 Å². The van der Waals surface area contributed by atoms with Gasteiger partial charge >= 0.3 is 118 Å². The van der Waals surface area contributed by atoms with Gasteiger partial charge in [0.05, 0.1) is 48.0 Å². The smallest absolute Gasteiger partial charge is 0.744 e. The number of rotatable bonds is 10. The van der Waals surface area contributed by atoms with E-state index >= 15 is 0 Å². The number of nitrogen functional groups attached to an aromatic ring is 1. The molecule has 0 saturated carbocycles. The van der Waals surface area contributed by atoms with Crippen LogP contribution in [-0.4, -0.2) is 63.4 Å². The SMILES string of the molecule is Nc1ccc2c(c1)C=C(S(=O)(=O)[O-])C(=NNc1ccc(N=Nc3ccc(N=Nc4cccc(S(=O)(=O)[O-])c4)c4cc(S(=O)(=O)[O-])ccc34)c3cc(S(=O)(=O)[O-])ccc13)C2=O.[Na+].[Na+].[Na+].[Na+]. The van der Waals surface area contributed by atoms with Gasteiger partial charge in [0.25, 0.3) is 0 Å². The minimum absolute atomic E-state index is 0. The minimum atomic E-state index is -5.26. The van der Waals surface area contributed by atoms with E-state index in [9.17, 15) is 56.7 Å². The van der Waals surface area contributed by atoms with Crippen LogP contribution < -0.4 is 129 Å². The Morgan fingerprint density at radius 2 is 1.00 bits per heavy atom. The van der Waals surface area contributed by atoms with Gasteiger partial charge in [-0.3, -0.25) is 10.2 Å². The van der Waals surface area contributed by atoms with Crippen molar-refractivity contribution < 1.29 is 175 Å². The monoisotopic (exact) mass is 979 g/mol. The van der Waals surface area contributed by atoms with Crippen LogP contribution in [0.2, 0.25) is 0 Å². The Morgan fingerprint density at radius 1 is 0.500 bits per heavy atom. The third kappa shape index (κ3) is 12.5. The number of nitrogens with zero attached hydrogens (tertiary/aromatic N) is 5. The van der Waals surface area contributed by atoms with Crippen LogP contribution in [0.25, 0.3) is 27.6 Å². The number of Topliss-reactive ketones (excluding diaryl/α,β-unsaturated/α-hetero) is 1. The van der Waals surface area contributed by atoms with Crippen molar-refractivity contribution in [3.8, 4) is 0 Å². The maximum Gasteiger partial charge on any atom is 1.00 e. The zero-order valence-electron chi connectivity index (χ0n) is 33.6. The number of nitrogens with two attached hydrogens (primary N) is 1. The van der Waals surface area contributed by atoms with E-state index in [-0.39, 0.29) is 185 Å². The quantitative estimate of drug-likeness (QED) is 0.0424. The number of carbonyl (C=O) groups is 1. The number of azo groups is 2. The van der Waals surface area contributed by atoms with Gasteiger partial charge in [-0.05, 0) is 96.6 Å². The Balaban J connectivity index is 0.00000272. The summed E-state index contributed by atoms with van der Waals surface area (Å²) >= 11 is 0. The van der Waals surface area contributed by atoms with Crippen LogP contribution in [0.1, 0.15) is 15.9 Å². The molecule has 0 heterocycles. The summed E-state index contributed by atoms with van der Waals surface area (Å²) in [6.07, 6.45) is 0.950. The fourth-order valence-corrected chi connectivity index (χ4v) is 8.12. The van der Waals surface area contributed by atoms with Crippen LogP contribution in [0.3, 0.4) is 0 Å². The van der Waals surface area contributed by atoms with Crippen molar-refractivity contribution in [2.75, 3.05) is 11.2 Å². The predicted octanol–water partition coefficient (Wildman–Crippen LogP) is -6.32. The molecular formula is C36H21N7Na4O13S4. The second kappa shape index (κ2) is 21.5. The summed E-state index contributed by atoms with van der Waals surface area (Å²) < 4.78 is 143. The average molecular weight is 980 g/mol. The number of nitrogens with one attached hydrogen (secondary N) is 1. The summed E-state index contributed by atoms with van der Waals surface area (Å²) in [7, 11) is -20.1. The van der Waals surface area contributed by atoms with E-state index < -0.39 is 71.6 Å². The van der Waals surface area contributed by atoms with E-state index in [2.05, 4.69) is 31.0 Å². The number of fused-ring (bicyclic) bond motifs is 3. The van der Waals surface area contributed by atoms with E-state index in [1.165, 1.54) is 66.7 Å². The zero-order valence-corrected chi connectivity index (χ0v) is 44.9. The van der Waals surface area contributed by atoms with Crippen LogP contribution in [0.5, 0.6) is 0 Å². The number of ketones is 1. The molecule has 20 nitrogen and oxygen atoms in total. The third-order valence-corrected chi connectivity index (χ3v) is 12.1. The first-order valence-electron chi connectivity index (χ1n) is 16.5. The molecule has 0 radical (unpaired) electrons. The number of hydrogen-bond donors (Lipinski definition) is 2. The summed E-state index contributed by atoms with van der Waals surface area (Å²) in [6.45, 7) is 0. The van der Waals surface area contributed by atoms with Crippen molar-refractivity contribution in [2.24, 2.45) is 25.6 Å². The second-order valence-electron chi connectivity index (χ2n) is 12.6. The topological polar surface area (TPSA) is 346 Å². The Morgan fingerprint density at radius 3 is 1.56 bits per heavy atom. The number of hydrogen-bond acceptors (Lipinski definition) is 20. The third-order valence-electron chi connectivity index (χ3n) is 8.74. The second-order valence-corrected chi connectivity index (χ2v) is 18.1. The molecule has 7 rings (SSSR count). The van der Waals surface area contributed by atoms with Crippen LogP contribution in [0.15, 0.2) is 148 Å². The maximum atomic E-state index is 13.4. The Hall–Kier alpha value is -2.64. The molecule has 0 spiro atoms. The molecule has 3 N–H and O–H groups in total. The molecule has 0 bridgehead atoms. The summed E-state index contributed by atoms with van der Waals surface area (Å²) in [6, 6.07) is 20.3. The fraction of sp³-hybridized carbons (Fsp3) is 0. The normalized spacial score (nSPS) is 13.7.